The zero-order valence-electron chi connectivity index (χ0n) is 11.1. The molecule has 2 aromatic rings. The fourth-order valence-electron chi connectivity index (χ4n) is 2.01. The molecule has 1 aliphatic heterocycles. The predicted octanol–water partition coefficient (Wildman–Crippen LogP) is 2.48. The van der Waals surface area contributed by atoms with Crippen molar-refractivity contribution in [1.82, 2.24) is 5.32 Å². The van der Waals surface area contributed by atoms with Gasteiger partial charge in [-0.05, 0) is 23.8 Å². The van der Waals surface area contributed by atoms with Crippen LogP contribution in [0.1, 0.15) is 16.7 Å². The highest BCUT2D eigenvalue weighted by atomic mass is 16.2. The zero-order valence-corrected chi connectivity index (χ0v) is 11.1. The normalized spacial score (nSPS) is 15.5. The molecule has 1 heterocycles. The number of aliphatic imine (C=N–C) groups is 1. The monoisotopic (exact) mass is 273 g/mol. The van der Waals surface area contributed by atoms with Gasteiger partial charge in [0.05, 0.1) is 11.6 Å². The highest BCUT2D eigenvalue weighted by Crippen LogP contribution is 2.15. The zero-order chi connectivity index (χ0) is 14.7. The average Bonchev–Trinajstić information content (AvgIpc) is 2.90. The Bertz CT molecular complexity index is 781. The van der Waals surface area contributed by atoms with Gasteiger partial charge in [0.25, 0.3) is 5.91 Å². The van der Waals surface area contributed by atoms with E-state index in [1.807, 2.05) is 30.3 Å². The van der Waals surface area contributed by atoms with Gasteiger partial charge in [-0.1, -0.05) is 42.5 Å². The molecule has 0 aromatic heterocycles. The van der Waals surface area contributed by atoms with Crippen molar-refractivity contribution in [3.05, 3.63) is 77.0 Å². The van der Waals surface area contributed by atoms with Crippen LogP contribution in [-0.2, 0) is 4.79 Å². The molecule has 0 atom stereocenters. The molecule has 0 saturated heterocycles. The van der Waals surface area contributed by atoms with Gasteiger partial charge in [-0.2, -0.15) is 5.26 Å². The Morgan fingerprint density at radius 2 is 1.76 bits per heavy atom. The summed E-state index contributed by atoms with van der Waals surface area (Å²) in [5, 5.41) is 11.5. The second-order valence-electron chi connectivity index (χ2n) is 4.54. The number of nitrogens with one attached hydrogen (secondary N) is 1. The number of nitriles is 1. The Hall–Kier alpha value is -3.19. The first kappa shape index (κ1) is 12.8. The van der Waals surface area contributed by atoms with Crippen LogP contribution in [0.25, 0.3) is 6.08 Å². The van der Waals surface area contributed by atoms with E-state index in [9.17, 15) is 4.79 Å². The van der Waals surface area contributed by atoms with Crippen molar-refractivity contribution < 1.29 is 4.79 Å². The summed E-state index contributed by atoms with van der Waals surface area (Å²) in [7, 11) is 0. The first-order valence-electron chi connectivity index (χ1n) is 6.43. The number of hydrogen-bond acceptors (Lipinski definition) is 3. The Labute approximate surface area is 122 Å². The molecule has 0 spiro atoms. The van der Waals surface area contributed by atoms with Gasteiger partial charge in [0.15, 0.2) is 0 Å². The molecule has 21 heavy (non-hydrogen) atoms. The van der Waals surface area contributed by atoms with Gasteiger partial charge in [0.2, 0.25) is 0 Å². The van der Waals surface area contributed by atoms with Crippen LogP contribution in [0.15, 0.2) is 65.3 Å². The number of amidine groups is 1. The summed E-state index contributed by atoms with van der Waals surface area (Å²) in [6.07, 6.45) is 1.70. The molecule has 1 aliphatic rings. The van der Waals surface area contributed by atoms with Gasteiger partial charge < -0.3 is 5.32 Å². The minimum atomic E-state index is -0.224. The molecule has 100 valence electrons. The summed E-state index contributed by atoms with van der Waals surface area (Å²) in [6.45, 7) is 0. The van der Waals surface area contributed by atoms with Gasteiger partial charge in [-0.3, -0.25) is 4.79 Å². The number of rotatable bonds is 2. The summed E-state index contributed by atoms with van der Waals surface area (Å²) in [4.78, 5) is 16.3. The van der Waals surface area contributed by atoms with Gasteiger partial charge >= 0.3 is 0 Å². The predicted molar refractivity (Wildman–Crippen MR) is 80.3 cm³/mol. The molecule has 0 saturated carbocycles. The topological polar surface area (TPSA) is 65.2 Å². The lowest BCUT2D eigenvalue weighted by atomic mass is 10.1. The number of benzene rings is 2. The number of hydrogen-bond donors (Lipinski definition) is 1. The van der Waals surface area contributed by atoms with Crippen molar-refractivity contribution in [2.75, 3.05) is 0 Å². The van der Waals surface area contributed by atoms with Crippen LogP contribution in [0.2, 0.25) is 0 Å². The van der Waals surface area contributed by atoms with E-state index < -0.39 is 0 Å². The lowest BCUT2D eigenvalue weighted by Gasteiger charge is -1.98. The van der Waals surface area contributed by atoms with E-state index in [0.29, 0.717) is 17.1 Å². The molecule has 4 heteroatoms. The van der Waals surface area contributed by atoms with Gasteiger partial charge in [0.1, 0.15) is 11.5 Å². The lowest BCUT2D eigenvalue weighted by Crippen LogP contribution is -2.24. The third kappa shape index (κ3) is 2.72. The lowest BCUT2D eigenvalue weighted by molar-refractivity contribution is -0.115. The van der Waals surface area contributed by atoms with E-state index in [2.05, 4.69) is 16.4 Å². The number of carbonyl (C=O) groups is 1. The highest BCUT2D eigenvalue weighted by Gasteiger charge is 2.20. The molecular formula is C17H11N3O. The minimum absolute atomic E-state index is 0.224. The van der Waals surface area contributed by atoms with E-state index in [4.69, 9.17) is 5.26 Å². The highest BCUT2D eigenvalue weighted by molar-refractivity contribution is 6.19. The summed E-state index contributed by atoms with van der Waals surface area (Å²) in [6, 6.07) is 18.5. The van der Waals surface area contributed by atoms with Crippen molar-refractivity contribution in [1.29, 1.82) is 5.26 Å². The van der Waals surface area contributed by atoms with Gasteiger partial charge in [-0.25, -0.2) is 4.99 Å². The molecule has 2 aromatic carbocycles. The Balaban J connectivity index is 1.91. The fourth-order valence-corrected chi connectivity index (χ4v) is 2.01. The van der Waals surface area contributed by atoms with Crippen LogP contribution in [-0.4, -0.2) is 11.7 Å². The SMILES string of the molecule is N#Cc1ccc(/C=C2/N=C(c3ccccc3)NC2=O)cc1. The third-order valence-electron chi connectivity index (χ3n) is 3.09. The smallest absolute Gasteiger partial charge is 0.275 e. The van der Waals surface area contributed by atoms with Gasteiger partial charge in [-0.15, -0.1) is 0 Å². The number of amides is 1. The second kappa shape index (κ2) is 5.43. The first-order chi connectivity index (χ1) is 10.3. The van der Waals surface area contributed by atoms with Crippen LogP contribution in [0.5, 0.6) is 0 Å². The van der Waals surface area contributed by atoms with E-state index in [1.165, 1.54) is 0 Å². The first-order valence-corrected chi connectivity index (χ1v) is 6.43. The third-order valence-corrected chi connectivity index (χ3v) is 3.09. The largest absolute Gasteiger partial charge is 0.305 e. The number of nitrogens with zero attached hydrogens (tertiary/aromatic N) is 2. The minimum Gasteiger partial charge on any atom is -0.305 e. The Kier molecular flexibility index (Phi) is 3.32. The summed E-state index contributed by atoms with van der Waals surface area (Å²) in [5.41, 5.74) is 2.64. The van der Waals surface area contributed by atoms with Crippen LogP contribution < -0.4 is 5.32 Å². The van der Waals surface area contributed by atoms with Crippen molar-refractivity contribution >= 4 is 17.8 Å². The molecule has 1 N–H and O–H groups in total. The quantitative estimate of drug-likeness (QED) is 0.854. The Morgan fingerprint density at radius 1 is 1.05 bits per heavy atom. The molecule has 3 rings (SSSR count). The fraction of sp³-hybridized carbons (Fsp3) is 0. The summed E-state index contributed by atoms with van der Waals surface area (Å²) >= 11 is 0. The van der Waals surface area contributed by atoms with Crippen molar-refractivity contribution in [3.8, 4) is 6.07 Å². The van der Waals surface area contributed by atoms with E-state index in [-0.39, 0.29) is 5.91 Å². The molecule has 4 nitrogen and oxygen atoms in total. The van der Waals surface area contributed by atoms with Gasteiger partial charge in [0, 0.05) is 5.56 Å². The average molecular weight is 273 g/mol. The maximum atomic E-state index is 11.9. The van der Waals surface area contributed by atoms with Crippen LogP contribution in [0.3, 0.4) is 0 Å². The number of carbonyl (C=O) groups excluding carboxylic acids is 1. The van der Waals surface area contributed by atoms with E-state index in [1.54, 1.807) is 30.3 Å². The van der Waals surface area contributed by atoms with Crippen molar-refractivity contribution in [3.63, 3.8) is 0 Å². The van der Waals surface area contributed by atoms with E-state index >= 15 is 0 Å². The molecule has 0 unspecified atom stereocenters. The molecule has 1 amide bonds. The van der Waals surface area contributed by atoms with Crippen LogP contribution in [0.4, 0.5) is 0 Å². The Morgan fingerprint density at radius 3 is 2.43 bits per heavy atom. The molecule has 0 bridgehead atoms. The van der Waals surface area contributed by atoms with Crippen molar-refractivity contribution in [2.45, 2.75) is 0 Å². The molecule has 0 aliphatic carbocycles. The van der Waals surface area contributed by atoms with Crippen molar-refractivity contribution in [2.24, 2.45) is 4.99 Å². The second-order valence-corrected chi connectivity index (χ2v) is 4.54. The standard InChI is InChI=1S/C17H11N3O/c18-11-13-8-6-12(7-9-13)10-15-17(21)20-16(19-15)14-4-2-1-3-5-14/h1-10H,(H,19,20,21)/b15-10+. The maximum absolute atomic E-state index is 11.9. The van der Waals surface area contributed by atoms with Crippen LogP contribution in [0, 0.1) is 11.3 Å². The molecule has 0 radical (unpaired) electrons. The summed E-state index contributed by atoms with van der Waals surface area (Å²) < 4.78 is 0. The summed E-state index contributed by atoms with van der Waals surface area (Å²) in [5.74, 6) is 0.332. The molecule has 0 fully saturated rings. The van der Waals surface area contributed by atoms with Crippen LogP contribution >= 0.6 is 0 Å². The van der Waals surface area contributed by atoms with E-state index in [0.717, 1.165) is 11.1 Å². The molecular weight excluding hydrogens is 262 g/mol. The maximum Gasteiger partial charge on any atom is 0.275 e.